The highest BCUT2D eigenvalue weighted by atomic mass is 19.4. The molecule has 2 aromatic rings. The molecule has 4 heteroatoms. The first-order valence-electron chi connectivity index (χ1n) is 6.54. The molecule has 1 aliphatic rings. The van der Waals surface area contributed by atoms with Gasteiger partial charge in [-0.1, -0.05) is 48.5 Å². The van der Waals surface area contributed by atoms with Gasteiger partial charge in [-0.2, -0.15) is 13.2 Å². The lowest BCUT2D eigenvalue weighted by Gasteiger charge is -2.16. The van der Waals surface area contributed by atoms with Gasteiger partial charge in [0.1, 0.15) is 0 Å². The zero-order valence-electron chi connectivity index (χ0n) is 10.7. The second kappa shape index (κ2) is 4.94. The van der Waals surface area contributed by atoms with Crippen molar-refractivity contribution >= 4 is 0 Å². The maximum atomic E-state index is 12.3. The van der Waals surface area contributed by atoms with Gasteiger partial charge in [-0.3, -0.25) is 0 Å². The Morgan fingerprint density at radius 3 is 1.85 bits per heavy atom. The Bertz CT molecular complexity index is 574. The lowest BCUT2D eigenvalue weighted by Crippen LogP contribution is -2.25. The topological polar surface area (TPSA) is 12.0 Å². The Morgan fingerprint density at radius 2 is 1.35 bits per heavy atom. The van der Waals surface area contributed by atoms with E-state index in [1.54, 1.807) is 0 Å². The van der Waals surface area contributed by atoms with E-state index in [1.807, 2.05) is 48.5 Å². The molecule has 0 spiro atoms. The van der Waals surface area contributed by atoms with Crippen LogP contribution in [0.2, 0.25) is 0 Å². The number of hydrogen-bond acceptors (Lipinski definition) is 1. The first-order valence-corrected chi connectivity index (χ1v) is 6.54. The third kappa shape index (κ3) is 2.43. The van der Waals surface area contributed by atoms with Gasteiger partial charge in [-0.05, 0) is 22.3 Å². The van der Waals surface area contributed by atoms with Crippen molar-refractivity contribution in [3.05, 3.63) is 59.7 Å². The summed E-state index contributed by atoms with van der Waals surface area (Å²) in [4.78, 5) is 0. The largest absolute Gasteiger partial charge is 0.390 e. The van der Waals surface area contributed by atoms with Crippen molar-refractivity contribution in [3.8, 4) is 11.1 Å². The summed E-state index contributed by atoms with van der Waals surface area (Å²) in [5.74, 6) is 0. The van der Waals surface area contributed by atoms with Gasteiger partial charge in [-0.15, -0.1) is 0 Å². The van der Waals surface area contributed by atoms with E-state index >= 15 is 0 Å². The second-order valence-corrected chi connectivity index (χ2v) is 4.93. The number of halogens is 3. The number of nitrogens with one attached hydrogen (secondary N) is 1. The molecule has 2 aromatic carbocycles. The van der Waals surface area contributed by atoms with Crippen molar-refractivity contribution in [2.24, 2.45) is 0 Å². The summed E-state index contributed by atoms with van der Waals surface area (Å²) in [5.41, 5.74) is 4.31. The van der Waals surface area contributed by atoms with Crippen LogP contribution in [0.15, 0.2) is 48.5 Å². The molecule has 0 aliphatic heterocycles. The van der Waals surface area contributed by atoms with Gasteiger partial charge in [0.25, 0.3) is 0 Å². The van der Waals surface area contributed by atoms with E-state index in [9.17, 15) is 13.2 Å². The van der Waals surface area contributed by atoms with E-state index < -0.39 is 12.6 Å². The molecule has 1 aliphatic carbocycles. The van der Waals surface area contributed by atoms with Crippen LogP contribution in [-0.4, -0.2) is 12.7 Å². The van der Waals surface area contributed by atoms with Crippen LogP contribution in [0.1, 0.15) is 23.6 Å². The number of benzene rings is 2. The van der Waals surface area contributed by atoms with E-state index in [1.165, 1.54) is 0 Å². The van der Waals surface area contributed by atoms with Crippen molar-refractivity contribution in [1.29, 1.82) is 0 Å². The fraction of sp³-hybridized carbons (Fsp3) is 0.250. The predicted molar refractivity (Wildman–Crippen MR) is 72.4 cm³/mol. The van der Waals surface area contributed by atoms with Crippen LogP contribution in [0.5, 0.6) is 0 Å². The first kappa shape index (κ1) is 13.2. The summed E-state index contributed by atoms with van der Waals surface area (Å²) in [6.07, 6.45) is -4.93. The van der Waals surface area contributed by atoms with E-state index in [4.69, 9.17) is 0 Å². The highest BCUT2D eigenvalue weighted by Crippen LogP contribution is 2.43. The molecule has 0 fully saturated rings. The molecule has 20 heavy (non-hydrogen) atoms. The predicted octanol–water partition coefficient (Wildman–Crippen LogP) is 4.30. The Labute approximate surface area is 115 Å². The Balaban J connectivity index is 1.87. The van der Waals surface area contributed by atoms with Crippen molar-refractivity contribution in [2.75, 3.05) is 6.54 Å². The minimum Gasteiger partial charge on any atom is -0.306 e. The van der Waals surface area contributed by atoms with Crippen LogP contribution in [0.3, 0.4) is 0 Å². The zero-order chi connectivity index (χ0) is 14.2. The molecule has 0 bridgehead atoms. The first-order chi connectivity index (χ1) is 9.56. The zero-order valence-corrected chi connectivity index (χ0v) is 10.7. The minimum absolute atomic E-state index is 0.0726. The lowest BCUT2D eigenvalue weighted by atomic mass is 10.1. The molecule has 0 unspecified atom stereocenters. The van der Waals surface area contributed by atoms with Crippen LogP contribution in [0.4, 0.5) is 13.2 Å². The molecule has 3 rings (SSSR count). The van der Waals surface area contributed by atoms with Gasteiger partial charge >= 0.3 is 6.18 Å². The molecule has 1 nitrogen and oxygen atoms in total. The van der Waals surface area contributed by atoms with Gasteiger partial charge in [0, 0.05) is 6.54 Å². The number of rotatable bonds is 3. The Kier molecular flexibility index (Phi) is 3.26. The summed E-state index contributed by atoms with van der Waals surface area (Å²) in [5, 5.41) is 3.03. The average Bonchev–Trinajstić information content (AvgIpc) is 2.73. The van der Waals surface area contributed by atoms with Crippen LogP contribution in [0, 0.1) is 0 Å². The standard InChI is InChI=1S/C16H14F3N/c17-16(18,19)9-10-20-15-13-7-3-1-5-11(13)12-6-2-4-8-14(12)15/h1-8,15,20H,9-10H2. The summed E-state index contributed by atoms with van der Waals surface area (Å²) in [6.45, 7) is -0.0726. The summed E-state index contributed by atoms with van der Waals surface area (Å²) in [7, 11) is 0. The third-order valence-electron chi connectivity index (χ3n) is 3.59. The minimum atomic E-state index is -4.12. The van der Waals surface area contributed by atoms with Crippen molar-refractivity contribution in [1.82, 2.24) is 5.32 Å². The smallest absolute Gasteiger partial charge is 0.306 e. The molecule has 0 radical (unpaired) electrons. The molecule has 0 atom stereocenters. The number of fused-ring (bicyclic) bond motifs is 3. The molecule has 0 aromatic heterocycles. The molecule has 1 N–H and O–H groups in total. The van der Waals surface area contributed by atoms with Gasteiger partial charge in [0.05, 0.1) is 12.5 Å². The fourth-order valence-corrected chi connectivity index (χ4v) is 2.73. The Hall–Kier alpha value is -1.81. The second-order valence-electron chi connectivity index (χ2n) is 4.93. The van der Waals surface area contributed by atoms with E-state index in [2.05, 4.69) is 5.32 Å². The van der Waals surface area contributed by atoms with E-state index in [0.29, 0.717) is 0 Å². The Morgan fingerprint density at radius 1 is 0.850 bits per heavy atom. The fourth-order valence-electron chi connectivity index (χ4n) is 2.73. The quantitative estimate of drug-likeness (QED) is 0.882. The SMILES string of the molecule is FC(F)(F)CCNC1c2ccccc2-c2ccccc21. The molecular formula is C16H14F3N. The highest BCUT2D eigenvalue weighted by molar-refractivity contribution is 5.78. The summed E-state index contributed by atoms with van der Waals surface area (Å²) in [6, 6.07) is 15.6. The maximum Gasteiger partial charge on any atom is 0.390 e. The van der Waals surface area contributed by atoms with E-state index in [0.717, 1.165) is 22.3 Å². The maximum absolute atomic E-state index is 12.3. The molecule has 0 saturated heterocycles. The number of hydrogen-bond donors (Lipinski definition) is 1. The summed E-state index contributed by atoms with van der Waals surface area (Å²) >= 11 is 0. The van der Waals surface area contributed by atoms with Crippen LogP contribution >= 0.6 is 0 Å². The monoisotopic (exact) mass is 277 g/mol. The van der Waals surface area contributed by atoms with Gasteiger partial charge in [0.15, 0.2) is 0 Å². The highest BCUT2D eigenvalue weighted by Gasteiger charge is 2.30. The van der Waals surface area contributed by atoms with E-state index in [-0.39, 0.29) is 12.6 Å². The van der Waals surface area contributed by atoms with Crippen LogP contribution < -0.4 is 5.32 Å². The molecule has 0 amide bonds. The number of alkyl halides is 3. The lowest BCUT2D eigenvalue weighted by molar-refractivity contribution is -0.133. The van der Waals surface area contributed by atoms with Gasteiger partial charge in [0.2, 0.25) is 0 Å². The van der Waals surface area contributed by atoms with Crippen LogP contribution in [-0.2, 0) is 0 Å². The summed E-state index contributed by atoms with van der Waals surface area (Å²) < 4.78 is 36.8. The van der Waals surface area contributed by atoms with Crippen molar-refractivity contribution < 1.29 is 13.2 Å². The molecule has 104 valence electrons. The molecule has 0 saturated carbocycles. The van der Waals surface area contributed by atoms with Crippen LogP contribution in [0.25, 0.3) is 11.1 Å². The third-order valence-corrected chi connectivity index (χ3v) is 3.59. The normalized spacial score (nSPS) is 14.2. The molecular weight excluding hydrogens is 263 g/mol. The van der Waals surface area contributed by atoms with Gasteiger partial charge < -0.3 is 5.32 Å². The van der Waals surface area contributed by atoms with Crippen molar-refractivity contribution in [2.45, 2.75) is 18.6 Å². The average molecular weight is 277 g/mol. The van der Waals surface area contributed by atoms with Crippen molar-refractivity contribution in [3.63, 3.8) is 0 Å². The van der Waals surface area contributed by atoms with Gasteiger partial charge in [-0.25, -0.2) is 0 Å². The molecule has 0 heterocycles.